The van der Waals surface area contributed by atoms with Gasteiger partial charge >= 0.3 is 6.01 Å². The van der Waals surface area contributed by atoms with Gasteiger partial charge in [-0.05, 0) is 35.9 Å². The Hall–Kier alpha value is -3.35. The summed E-state index contributed by atoms with van der Waals surface area (Å²) in [6.07, 6.45) is 1.76. The number of fused-ring (bicyclic) bond motifs is 1. The minimum Gasteiger partial charge on any atom is -0.497 e. The lowest BCUT2D eigenvalue weighted by molar-refractivity contribution is 0.414. The van der Waals surface area contributed by atoms with Crippen molar-refractivity contribution >= 4 is 16.9 Å². The van der Waals surface area contributed by atoms with E-state index in [0.717, 1.165) is 27.8 Å². The van der Waals surface area contributed by atoms with Crippen LogP contribution in [0.3, 0.4) is 0 Å². The van der Waals surface area contributed by atoms with Crippen LogP contribution in [0.1, 0.15) is 5.56 Å². The van der Waals surface area contributed by atoms with Crippen molar-refractivity contribution in [2.75, 3.05) is 12.4 Å². The Labute approximate surface area is 137 Å². The van der Waals surface area contributed by atoms with Gasteiger partial charge in [0.25, 0.3) is 0 Å². The summed E-state index contributed by atoms with van der Waals surface area (Å²) < 4.78 is 10.9. The molecule has 4 rings (SSSR count). The zero-order valence-electron chi connectivity index (χ0n) is 13.0. The predicted octanol–water partition coefficient (Wildman–Crippen LogP) is 3.23. The summed E-state index contributed by atoms with van der Waals surface area (Å²) in [5.41, 5.74) is 2.88. The smallest absolute Gasteiger partial charge is 0.316 e. The first-order chi connectivity index (χ1) is 11.8. The first-order valence-corrected chi connectivity index (χ1v) is 7.45. The van der Waals surface area contributed by atoms with E-state index in [2.05, 4.69) is 25.7 Å². The lowest BCUT2D eigenvalue weighted by Gasteiger charge is -2.04. The van der Waals surface area contributed by atoms with E-state index in [0.29, 0.717) is 18.5 Å². The monoisotopic (exact) mass is 321 g/mol. The minimum atomic E-state index is 0.375. The lowest BCUT2D eigenvalue weighted by atomic mass is 10.1. The maximum atomic E-state index is 5.68. The van der Waals surface area contributed by atoms with Gasteiger partial charge < -0.3 is 14.5 Å². The molecule has 0 spiro atoms. The van der Waals surface area contributed by atoms with E-state index >= 15 is 0 Å². The number of nitrogens with zero attached hydrogens (tertiary/aromatic N) is 3. The van der Waals surface area contributed by atoms with Crippen LogP contribution in [0.4, 0.5) is 6.01 Å². The van der Waals surface area contributed by atoms with E-state index in [9.17, 15) is 0 Å². The maximum absolute atomic E-state index is 5.68. The van der Waals surface area contributed by atoms with Gasteiger partial charge in [-0.15, -0.1) is 5.10 Å². The van der Waals surface area contributed by atoms with Crippen LogP contribution >= 0.6 is 0 Å². The zero-order chi connectivity index (χ0) is 16.4. The number of ether oxygens (including phenoxy) is 1. The molecule has 0 aliphatic heterocycles. The Balaban J connectivity index is 1.49. The summed E-state index contributed by atoms with van der Waals surface area (Å²) in [5.74, 6) is 1.28. The van der Waals surface area contributed by atoms with E-state index in [1.807, 2.05) is 42.5 Å². The fraction of sp³-hybridized carbons (Fsp3) is 0.118. The van der Waals surface area contributed by atoms with Gasteiger partial charge in [-0.2, -0.15) is 5.10 Å². The number of anilines is 1. The molecule has 7 nitrogen and oxygen atoms in total. The number of nitrogens with one attached hydrogen (secondary N) is 2. The number of hydrogen-bond acceptors (Lipinski definition) is 6. The molecule has 0 saturated carbocycles. The van der Waals surface area contributed by atoms with Crippen molar-refractivity contribution in [3.63, 3.8) is 0 Å². The van der Waals surface area contributed by atoms with Crippen LogP contribution in [0.25, 0.3) is 22.4 Å². The fourth-order valence-electron chi connectivity index (χ4n) is 2.45. The molecule has 4 aromatic rings. The van der Waals surface area contributed by atoms with Gasteiger partial charge in [0.15, 0.2) is 0 Å². The quantitative estimate of drug-likeness (QED) is 0.586. The van der Waals surface area contributed by atoms with Crippen LogP contribution < -0.4 is 10.1 Å². The molecule has 7 heteroatoms. The van der Waals surface area contributed by atoms with Crippen molar-refractivity contribution in [3.8, 4) is 17.2 Å². The third-order valence-electron chi connectivity index (χ3n) is 3.69. The Morgan fingerprint density at radius 1 is 1.17 bits per heavy atom. The molecule has 0 bridgehead atoms. The first kappa shape index (κ1) is 14.3. The summed E-state index contributed by atoms with van der Waals surface area (Å²) >= 11 is 0. The molecule has 0 aliphatic rings. The van der Waals surface area contributed by atoms with Crippen molar-refractivity contribution < 1.29 is 9.15 Å². The van der Waals surface area contributed by atoms with E-state index in [1.165, 1.54) is 0 Å². The highest BCUT2D eigenvalue weighted by molar-refractivity contribution is 5.82. The molecule has 0 saturated heterocycles. The molecule has 0 atom stereocenters. The van der Waals surface area contributed by atoms with E-state index in [4.69, 9.17) is 9.15 Å². The second kappa shape index (κ2) is 6.04. The van der Waals surface area contributed by atoms with Gasteiger partial charge in [-0.1, -0.05) is 17.2 Å². The van der Waals surface area contributed by atoms with E-state index in [-0.39, 0.29) is 0 Å². The summed E-state index contributed by atoms with van der Waals surface area (Å²) in [4.78, 5) is 0. The Bertz CT molecular complexity index is 976. The topological polar surface area (TPSA) is 88.9 Å². The SMILES string of the molecule is COc1cccc(CNc2nnc(-c3ccc4[nH]ncc4c3)o2)c1. The largest absolute Gasteiger partial charge is 0.497 e. The molecule has 0 aliphatic carbocycles. The molecule has 0 amide bonds. The van der Waals surface area contributed by atoms with Crippen LogP contribution in [0.5, 0.6) is 5.75 Å². The standard InChI is InChI=1S/C17H15N5O2/c1-23-14-4-2-3-11(7-14)9-18-17-22-21-16(24-17)12-5-6-15-13(8-12)10-19-20-15/h2-8,10H,9H2,1H3,(H,18,22)(H,19,20). The highest BCUT2D eigenvalue weighted by Crippen LogP contribution is 2.24. The Morgan fingerprint density at radius 2 is 2.12 bits per heavy atom. The van der Waals surface area contributed by atoms with Crippen molar-refractivity contribution in [1.82, 2.24) is 20.4 Å². The molecule has 2 heterocycles. The summed E-state index contributed by atoms with van der Waals surface area (Å²) in [6, 6.07) is 14.0. The number of rotatable bonds is 5. The minimum absolute atomic E-state index is 0.375. The molecule has 2 aromatic carbocycles. The normalized spacial score (nSPS) is 10.9. The highest BCUT2D eigenvalue weighted by Gasteiger charge is 2.09. The van der Waals surface area contributed by atoms with Crippen molar-refractivity contribution in [1.29, 1.82) is 0 Å². The average molecular weight is 321 g/mol. The fourth-order valence-corrected chi connectivity index (χ4v) is 2.45. The highest BCUT2D eigenvalue weighted by atomic mass is 16.5. The van der Waals surface area contributed by atoms with Gasteiger partial charge in [0, 0.05) is 17.5 Å². The number of benzene rings is 2. The van der Waals surface area contributed by atoms with Gasteiger partial charge in [-0.3, -0.25) is 5.10 Å². The second-order valence-electron chi connectivity index (χ2n) is 5.29. The molecule has 2 N–H and O–H groups in total. The van der Waals surface area contributed by atoms with Gasteiger partial charge in [0.1, 0.15) is 5.75 Å². The molecule has 24 heavy (non-hydrogen) atoms. The molecular formula is C17H15N5O2. The van der Waals surface area contributed by atoms with Crippen molar-refractivity contribution in [2.45, 2.75) is 6.54 Å². The predicted molar refractivity (Wildman–Crippen MR) is 89.7 cm³/mol. The number of hydrogen-bond donors (Lipinski definition) is 2. The van der Waals surface area contributed by atoms with E-state index in [1.54, 1.807) is 13.3 Å². The Kier molecular flexibility index (Phi) is 3.59. The second-order valence-corrected chi connectivity index (χ2v) is 5.29. The van der Waals surface area contributed by atoms with Crippen LogP contribution in [0.15, 0.2) is 53.1 Å². The third kappa shape index (κ3) is 2.79. The average Bonchev–Trinajstić information content (AvgIpc) is 3.28. The first-order valence-electron chi connectivity index (χ1n) is 7.45. The maximum Gasteiger partial charge on any atom is 0.316 e. The van der Waals surface area contributed by atoms with Crippen LogP contribution in [-0.2, 0) is 6.54 Å². The molecule has 120 valence electrons. The van der Waals surface area contributed by atoms with Gasteiger partial charge in [0.2, 0.25) is 5.89 Å². The van der Waals surface area contributed by atoms with Gasteiger partial charge in [-0.25, -0.2) is 0 Å². The number of aromatic nitrogens is 4. The molecular weight excluding hydrogens is 306 g/mol. The van der Waals surface area contributed by atoms with Gasteiger partial charge in [0.05, 0.1) is 18.8 Å². The molecule has 2 aromatic heterocycles. The summed E-state index contributed by atoms with van der Waals surface area (Å²) in [6.45, 7) is 0.569. The van der Waals surface area contributed by atoms with Crippen LogP contribution in [-0.4, -0.2) is 27.5 Å². The molecule has 0 radical (unpaired) electrons. The zero-order valence-corrected chi connectivity index (χ0v) is 13.0. The third-order valence-corrected chi connectivity index (χ3v) is 3.69. The van der Waals surface area contributed by atoms with Crippen LogP contribution in [0.2, 0.25) is 0 Å². The number of H-pyrrole nitrogens is 1. The Morgan fingerprint density at radius 3 is 3.04 bits per heavy atom. The van der Waals surface area contributed by atoms with Crippen LogP contribution in [0, 0.1) is 0 Å². The summed E-state index contributed by atoms with van der Waals surface area (Å²) in [7, 11) is 1.65. The number of aromatic amines is 1. The molecule has 0 fully saturated rings. The van der Waals surface area contributed by atoms with E-state index < -0.39 is 0 Å². The van der Waals surface area contributed by atoms with Crippen molar-refractivity contribution in [2.24, 2.45) is 0 Å². The molecule has 0 unspecified atom stereocenters. The summed E-state index contributed by atoms with van der Waals surface area (Å²) in [5, 5.41) is 19.2. The number of methoxy groups -OCH3 is 1. The lowest BCUT2D eigenvalue weighted by Crippen LogP contribution is -1.99. The van der Waals surface area contributed by atoms with Crippen molar-refractivity contribution in [3.05, 3.63) is 54.2 Å².